The maximum Gasteiger partial charge on any atom is 0.405 e. The van der Waals surface area contributed by atoms with Gasteiger partial charge in [0.05, 0.1) is 4.92 Å². The zero-order chi connectivity index (χ0) is 16.2. The van der Waals surface area contributed by atoms with E-state index in [9.17, 15) is 28.1 Å². The van der Waals surface area contributed by atoms with Crippen LogP contribution in [0.5, 0.6) is 0 Å². The molecule has 0 aliphatic carbocycles. The molecule has 0 aliphatic rings. The maximum absolute atomic E-state index is 12.6. The molecule has 0 unspecified atom stereocenters. The number of nitro groups is 1. The molecule has 7 nitrogen and oxygen atoms in total. The van der Waals surface area contributed by atoms with Gasteiger partial charge in [-0.05, 0) is 12.5 Å². The van der Waals surface area contributed by atoms with Crippen molar-refractivity contribution in [1.29, 1.82) is 0 Å². The summed E-state index contributed by atoms with van der Waals surface area (Å²) in [5, 5.41) is 19.7. The van der Waals surface area contributed by atoms with Crippen LogP contribution in [0.2, 0.25) is 0 Å². The Morgan fingerprint density at radius 3 is 2.52 bits per heavy atom. The Hall–Kier alpha value is -2.39. The molecule has 1 aromatic rings. The number of aromatic carboxylic acids is 1. The Kier molecular flexibility index (Phi) is 5.06. The van der Waals surface area contributed by atoms with E-state index in [1.807, 2.05) is 0 Å². The number of pyridine rings is 1. The van der Waals surface area contributed by atoms with Gasteiger partial charge in [0.1, 0.15) is 6.54 Å². The highest BCUT2D eigenvalue weighted by Gasteiger charge is 2.34. The number of halogens is 3. The highest BCUT2D eigenvalue weighted by Crippen LogP contribution is 2.29. The first kappa shape index (κ1) is 16.7. The van der Waals surface area contributed by atoms with Crippen LogP contribution >= 0.6 is 0 Å². The number of rotatable bonds is 6. The molecule has 0 atom stereocenters. The lowest BCUT2D eigenvalue weighted by atomic mass is 10.3. The number of anilines is 1. The zero-order valence-electron chi connectivity index (χ0n) is 10.9. The van der Waals surface area contributed by atoms with Crippen LogP contribution in [0.4, 0.5) is 24.7 Å². The van der Waals surface area contributed by atoms with Gasteiger partial charge in [-0.25, -0.2) is 9.78 Å². The van der Waals surface area contributed by atoms with Crippen LogP contribution in [0.1, 0.15) is 23.8 Å². The van der Waals surface area contributed by atoms with Crippen LogP contribution in [0, 0.1) is 10.1 Å². The molecule has 0 bridgehead atoms. The Morgan fingerprint density at radius 1 is 1.48 bits per heavy atom. The minimum absolute atomic E-state index is 0.142. The van der Waals surface area contributed by atoms with Gasteiger partial charge < -0.3 is 10.0 Å². The van der Waals surface area contributed by atoms with E-state index in [4.69, 9.17) is 5.11 Å². The molecule has 0 radical (unpaired) electrons. The minimum atomic E-state index is -4.59. The lowest BCUT2D eigenvalue weighted by Gasteiger charge is -2.24. The number of alkyl halides is 3. The van der Waals surface area contributed by atoms with Crippen molar-refractivity contribution in [2.75, 3.05) is 18.0 Å². The Balaban J connectivity index is 3.34. The molecule has 0 amide bonds. The van der Waals surface area contributed by atoms with Crippen molar-refractivity contribution in [2.45, 2.75) is 19.5 Å². The Bertz CT molecular complexity index is 548. The highest BCUT2D eigenvalue weighted by molar-refractivity contribution is 5.86. The van der Waals surface area contributed by atoms with Crippen LogP contribution in [-0.4, -0.2) is 40.2 Å². The van der Waals surface area contributed by atoms with E-state index in [0.717, 1.165) is 12.1 Å². The summed E-state index contributed by atoms with van der Waals surface area (Å²) in [6.45, 7) is 0.00439. The minimum Gasteiger partial charge on any atom is -0.477 e. The van der Waals surface area contributed by atoms with E-state index in [2.05, 4.69) is 4.98 Å². The van der Waals surface area contributed by atoms with Gasteiger partial charge in [0, 0.05) is 12.6 Å². The third-order valence-electron chi connectivity index (χ3n) is 2.43. The standard InChI is InChI=1S/C11H12F3N3O4/c1-2-5-16(6-11(12,13)14)9-8(17(20)21)4-3-7(15-9)10(18)19/h3-4H,2,5-6H2,1H3,(H,18,19). The van der Waals surface area contributed by atoms with Crippen molar-refractivity contribution in [2.24, 2.45) is 0 Å². The summed E-state index contributed by atoms with van der Waals surface area (Å²) >= 11 is 0. The lowest BCUT2D eigenvalue weighted by Crippen LogP contribution is -2.36. The van der Waals surface area contributed by atoms with Crippen LogP contribution in [0.3, 0.4) is 0 Å². The first-order chi connectivity index (χ1) is 9.65. The number of carbonyl (C=O) groups is 1. The first-order valence-electron chi connectivity index (χ1n) is 5.86. The predicted molar refractivity (Wildman–Crippen MR) is 66.4 cm³/mol. The molecular weight excluding hydrogens is 295 g/mol. The maximum atomic E-state index is 12.6. The van der Waals surface area contributed by atoms with E-state index in [1.165, 1.54) is 0 Å². The lowest BCUT2D eigenvalue weighted by molar-refractivity contribution is -0.384. The van der Waals surface area contributed by atoms with Gasteiger partial charge in [-0.3, -0.25) is 10.1 Å². The number of nitrogens with zero attached hydrogens (tertiary/aromatic N) is 3. The largest absolute Gasteiger partial charge is 0.477 e. The van der Waals surface area contributed by atoms with Crippen LogP contribution < -0.4 is 4.90 Å². The Labute approximate surface area is 117 Å². The molecule has 1 aromatic heterocycles. The van der Waals surface area contributed by atoms with Gasteiger partial charge in [-0.1, -0.05) is 6.92 Å². The second-order valence-corrected chi connectivity index (χ2v) is 4.14. The van der Waals surface area contributed by atoms with E-state index in [-0.39, 0.29) is 13.0 Å². The SMILES string of the molecule is CCCN(CC(F)(F)F)c1nc(C(=O)O)ccc1[N+](=O)[O-]. The molecule has 0 spiro atoms. The first-order valence-corrected chi connectivity index (χ1v) is 5.86. The van der Waals surface area contributed by atoms with Crippen molar-refractivity contribution in [3.63, 3.8) is 0 Å². The van der Waals surface area contributed by atoms with Gasteiger partial charge in [0.15, 0.2) is 5.69 Å². The van der Waals surface area contributed by atoms with Gasteiger partial charge in [0.2, 0.25) is 5.82 Å². The molecule has 0 aromatic carbocycles. The highest BCUT2D eigenvalue weighted by atomic mass is 19.4. The van der Waals surface area contributed by atoms with E-state index in [1.54, 1.807) is 6.92 Å². The van der Waals surface area contributed by atoms with E-state index < -0.39 is 40.8 Å². The number of hydrogen-bond acceptors (Lipinski definition) is 5. The van der Waals surface area contributed by atoms with Gasteiger partial charge in [-0.2, -0.15) is 13.2 Å². The van der Waals surface area contributed by atoms with Crippen molar-refractivity contribution in [3.05, 3.63) is 27.9 Å². The summed E-state index contributed by atoms with van der Waals surface area (Å²) in [7, 11) is 0. The fraction of sp³-hybridized carbons (Fsp3) is 0.455. The average Bonchev–Trinajstić information content (AvgIpc) is 2.35. The molecule has 1 N–H and O–H groups in total. The molecule has 116 valence electrons. The zero-order valence-corrected chi connectivity index (χ0v) is 10.9. The van der Waals surface area contributed by atoms with Gasteiger partial charge in [0.25, 0.3) is 0 Å². The molecule has 21 heavy (non-hydrogen) atoms. The van der Waals surface area contributed by atoms with Crippen molar-refractivity contribution < 1.29 is 28.0 Å². The smallest absolute Gasteiger partial charge is 0.405 e. The number of carboxylic acids is 1. The molecule has 0 saturated heterocycles. The summed E-state index contributed by atoms with van der Waals surface area (Å²) in [5.74, 6) is -2.08. The number of hydrogen-bond donors (Lipinski definition) is 1. The molecule has 10 heteroatoms. The normalized spacial score (nSPS) is 11.2. The van der Waals surface area contributed by atoms with Crippen LogP contribution in [0.15, 0.2) is 12.1 Å². The van der Waals surface area contributed by atoms with Crippen molar-refractivity contribution in [3.8, 4) is 0 Å². The Morgan fingerprint density at radius 2 is 2.10 bits per heavy atom. The summed E-state index contributed by atoms with van der Waals surface area (Å²) in [4.78, 5) is 25.0. The van der Waals surface area contributed by atoms with Crippen LogP contribution in [0.25, 0.3) is 0 Å². The average molecular weight is 307 g/mol. The summed E-state index contributed by atoms with van der Waals surface area (Å²) < 4.78 is 37.7. The number of aromatic nitrogens is 1. The molecule has 0 fully saturated rings. The third-order valence-corrected chi connectivity index (χ3v) is 2.43. The molecule has 0 aliphatic heterocycles. The van der Waals surface area contributed by atoms with Crippen molar-refractivity contribution in [1.82, 2.24) is 4.98 Å². The monoisotopic (exact) mass is 307 g/mol. The van der Waals surface area contributed by atoms with Crippen molar-refractivity contribution >= 4 is 17.5 Å². The quantitative estimate of drug-likeness (QED) is 0.640. The second-order valence-electron chi connectivity index (χ2n) is 4.14. The van der Waals surface area contributed by atoms with Crippen LogP contribution in [-0.2, 0) is 0 Å². The second kappa shape index (κ2) is 6.37. The summed E-state index contributed by atoms with van der Waals surface area (Å²) in [6, 6.07) is 1.71. The molecular formula is C11H12F3N3O4. The topological polar surface area (TPSA) is 96.6 Å². The van der Waals surface area contributed by atoms with E-state index >= 15 is 0 Å². The molecule has 1 rings (SSSR count). The third kappa shape index (κ3) is 4.58. The summed E-state index contributed by atoms with van der Waals surface area (Å²) in [5.41, 5.74) is -1.23. The summed E-state index contributed by atoms with van der Waals surface area (Å²) in [6.07, 6.45) is -4.31. The fourth-order valence-electron chi connectivity index (χ4n) is 1.68. The molecule has 1 heterocycles. The molecule has 0 saturated carbocycles. The predicted octanol–water partition coefficient (Wildman–Crippen LogP) is 2.47. The van der Waals surface area contributed by atoms with E-state index in [0.29, 0.717) is 4.90 Å². The fourth-order valence-corrected chi connectivity index (χ4v) is 1.68. The van der Waals surface area contributed by atoms with Gasteiger partial charge >= 0.3 is 17.8 Å². The number of carboxylic acid groups (broad SMARTS) is 1. The van der Waals surface area contributed by atoms with Gasteiger partial charge in [-0.15, -0.1) is 0 Å².